The summed E-state index contributed by atoms with van der Waals surface area (Å²) >= 11 is 14.0. The van der Waals surface area contributed by atoms with Crippen molar-refractivity contribution in [2.24, 2.45) is 0 Å². The Labute approximate surface area is 135 Å². The number of rotatable bonds is 3. The molecule has 2 aromatic rings. The zero-order valence-corrected chi connectivity index (χ0v) is 13.5. The highest BCUT2D eigenvalue weighted by Crippen LogP contribution is 2.22. The Morgan fingerprint density at radius 1 is 1.21 bits per heavy atom. The molecule has 0 unspecified atom stereocenters. The van der Waals surface area contributed by atoms with E-state index in [-0.39, 0.29) is 5.91 Å². The summed E-state index contributed by atoms with van der Waals surface area (Å²) in [5.41, 5.74) is 2.13. The zero-order valence-electron chi connectivity index (χ0n) is 9.79. The molecule has 0 aliphatic heterocycles. The Bertz CT molecular complexity index is 616. The summed E-state index contributed by atoms with van der Waals surface area (Å²) in [5, 5.41) is 3.41. The van der Waals surface area contributed by atoms with Gasteiger partial charge in [0.05, 0.1) is 5.02 Å². The largest absolute Gasteiger partial charge is 0.322 e. The average Bonchev–Trinajstić information content (AvgIpc) is 2.42. The first-order chi connectivity index (χ1) is 9.11. The van der Waals surface area contributed by atoms with Gasteiger partial charge in [0, 0.05) is 20.7 Å². The molecule has 2 aromatic carbocycles. The fraction of sp³-hybridized carbons (Fsp3) is 0.0714. The molecule has 19 heavy (non-hydrogen) atoms. The molecule has 0 saturated carbocycles. The van der Waals surface area contributed by atoms with Gasteiger partial charge in [-0.25, -0.2) is 0 Å². The van der Waals surface area contributed by atoms with E-state index in [1.165, 1.54) is 0 Å². The number of carbonyl (C=O) groups excluding carboxylic acids is 1. The maximum Gasteiger partial charge on any atom is 0.255 e. The predicted octanol–water partition coefficient (Wildman–Crippen LogP) is 4.94. The third kappa shape index (κ3) is 3.61. The molecule has 0 aromatic heterocycles. The van der Waals surface area contributed by atoms with E-state index in [4.69, 9.17) is 23.2 Å². The van der Waals surface area contributed by atoms with Crippen molar-refractivity contribution in [1.82, 2.24) is 0 Å². The molecule has 0 heterocycles. The van der Waals surface area contributed by atoms with Crippen LogP contribution in [0.5, 0.6) is 0 Å². The summed E-state index contributed by atoms with van der Waals surface area (Å²) < 4.78 is 0.914. The maximum absolute atomic E-state index is 12.1. The van der Waals surface area contributed by atoms with Crippen LogP contribution >= 0.6 is 45.8 Å². The maximum atomic E-state index is 12.1. The van der Waals surface area contributed by atoms with E-state index in [0.717, 1.165) is 14.8 Å². The van der Waals surface area contributed by atoms with Crippen LogP contribution in [0.15, 0.2) is 42.5 Å². The SMILES string of the molecule is O=C(Nc1ccccc1CCl)c1ccc(I)c(Cl)c1. The molecular weight excluding hydrogens is 396 g/mol. The number of nitrogens with one attached hydrogen (secondary N) is 1. The van der Waals surface area contributed by atoms with E-state index in [9.17, 15) is 4.79 Å². The molecule has 0 radical (unpaired) electrons. The molecule has 98 valence electrons. The lowest BCUT2D eigenvalue weighted by Crippen LogP contribution is -2.13. The number of benzene rings is 2. The number of alkyl halides is 1. The summed E-state index contributed by atoms with van der Waals surface area (Å²) in [5.74, 6) is 0.153. The second-order valence-electron chi connectivity index (χ2n) is 3.87. The van der Waals surface area contributed by atoms with E-state index in [1.54, 1.807) is 12.1 Å². The van der Waals surface area contributed by atoms with Gasteiger partial charge in [0.1, 0.15) is 0 Å². The van der Waals surface area contributed by atoms with Crippen LogP contribution in [0.2, 0.25) is 5.02 Å². The Balaban J connectivity index is 2.23. The van der Waals surface area contributed by atoms with Crippen LogP contribution in [0, 0.1) is 3.57 Å². The van der Waals surface area contributed by atoms with Crippen LogP contribution in [0.3, 0.4) is 0 Å². The van der Waals surface area contributed by atoms with Gasteiger partial charge in [0.25, 0.3) is 5.91 Å². The number of halogens is 3. The van der Waals surface area contributed by atoms with Crippen LogP contribution in [0.4, 0.5) is 5.69 Å². The molecule has 0 bridgehead atoms. The van der Waals surface area contributed by atoms with Gasteiger partial charge in [-0.15, -0.1) is 11.6 Å². The fourth-order valence-corrected chi connectivity index (χ4v) is 2.34. The summed E-state index contributed by atoms with van der Waals surface area (Å²) in [6.45, 7) is 0. The average molecular weight is 406 g/mol. The van der Waals surface area contributed by atoms with E-state index >= 15 is 0 Å². The predicted molar refractivity (Wildman–Crippen MR) is 88.1 cm³/mol. The van der Waals surface area contributed by atoms with Gasteiger partial charge in [-0.3, -0.25) is 4.79 Å². The number of hydrogen-bond donors (Lipinski definition) is 1. The molecule has 0 saturated heterocycles. The molecule has 5 heteroatoms. The zero-order chi connectivity index (χ0) is 13.8. The molecule has 0 atom stereocenters. The third-order valence-corrected chi connectivity index (χ3v) is 4.45. The quantitative estimate of drug-likeness (QED) is 0.568. The number of para-hydroxylation sites is 1. The Kier molecular flexibility index (Phi) is 5.07. The number of anilines is 1. The van der Waals surface area contributed by atoms with Crippen LogP contribution < -0.4 is 5.32 Å². The second-order valence-corrected chi connectivity index (χ2v) is 5.71. The molecule has 0 aliphatic rings. The molecule has 2 nitrogen and oxygen atoms in total. The van der Waals surface area contributed by atoms with E-state index in [2.05, 4.69) is 27.9 Å². The minimum Gasteiger partial charge on any atom is -0.322 e. The number of hydrogen-bond acceptors (Lipinski definition) is 1. The smallest absolute Gasteiger partial charge is 0.255 e. The highest BCUT2D eigenvalue weighted by molar-refractivity contribution is 14.1. The van der Waals surface area contributed by atoms with Gasteiger partial charge in [0.15, 0.2) is 0 Å². The molecule has 0 aliphatic carbocycles. The minimum atomic E-state index is -0.198. The van der Waals surface area contributed by atoms with Crippen LogP contribution in [-0.2, 0) is 5.88 Å². The van der Waals surface area contributed by atoms with Crippen LogP contribution in [0.25, 0.3) is 0 Å². The summed E-state index contributed by atoms with van der Waals surface area (Å²) in [6, 6.07) is 12.6. The molecule has 2 rings (SSSR count). The van der Waals surface area contributed by atoms with Gasteiger partial charge < -0.3 is 5.32 Å². The van der Waals surface area contributed by atoms with Crippen LogP contribution in [0.1, 0.15) is 15.9 Å². The van der Waals surface area contributed by atoms with Gasteiger partial charge in [-0.05, 0) is 52.4 Å². The fourth-order valence-electron chi connectivity index (χ4n) is 1.59. The van der Waals surface area contributed by atoms with E-state index in [0.29, 0.717) is 16.5 Å². The van der Waals surface area contributed by atoms with Crippen molar-refractivity contribution >= 4 is 57.4 Å². The van der Waals surface area contributed by atoms with Crippen molar-refractivity contribution in [2.45, 2.75) is 5.88 Å². The van der Waals surface area contributed by atoms with Crippen molar-refractivity contribution in [2.75, 3.05) is 5.32 Å². The third-order valence-electron chi connectivity index (χ3n) is 2.59. The van der Waals surface area contributed by atoms with Crippen molar-refractivity contribution in [3.63, 3.8) is 0 Å². The van der Waals surface area contributed by atoms with Crippen molar-refractivity contribution in [3.8, 4) is 0 Å². The standard InChI is InChI=1S/C14H10Cl2INO/c15-8-10-3-1-2-4-13(10)18-14(19)9-5-6-12(17)11(16)7-9/h1-7H,8H2,(H,18,19). The van der Waals surface area contributed by atoms with Crippen molar-refractivity contribution < 1.29 is 4.79 Å². The topological polar surface area (TPSA) is 29.1 Å². The van der Waals surface area contributed by atoms with Gasteiger partial charge in [0.2, 0.25) is 0 Å². The van der Waals surface area contributed by atoms with Gasteiger partial charge >= 0.3 is 0 Å². The highest BCUT2D eigenvalue weighted by atomic mass is 127. The van der Waals surface area contributed by atoms with E-state index < -0.39 is 0 Å². The number of carbonyl (C=O) groups is 1. The van der Waals surface area contributed by atoms with Crippen LogP contribution in [-0.4, -0.2) is 5.91 Å². The monoisotopic (exact) mass is 405 g/mol. The molecule has 0 spiro atoms. The molecule has 0 fully saturated rings. The first-order valence-corrected chi connectivity index (χ1v) is 7.51. The normalized spacial score (nSPS) is 10.3. The summed E-state index contributed by atoms with van der Waals surface area (Å²) in [7, 11) is 0. The van der Waals surface area contributed by atoms with E-state index in [1.807, 2.05) is 30.3 Å². The Hall–Kier alpha value is -0.780. The molecular formula is C14H10Cl2INO. The Morgan fingerprint density at radius 3 is 2.63 bits per heavy atom. The highest BCUT2D eigenvalue weighted by Gasteiger charge is 2.10. The summed E-state index contributed by atoms with van der Waals surface area (Å²) in [4.78, 5) is 12.1. The second kappa shape index (κ2) is 6.59. The lowest BCUT2D eigenvalue weighted by Gasteiger charge is -2.09. The molecule has 1 amide bonds. The molecule has 1 N–H and O–H groups in total. The van der Waals surface area contributed by atoms with Gasteiger partial charge in [-0.1, -0.05) is 29.8 Å². The lowest BCUT2D eigenvalue weighted by atomic mass is 10.1. The summed E-state index contributed by atoms with van der Waals surface area (Å²) in [6.07, 6.45) is 0. The van der Waals surface area contributed by atoms with Crippen molar-refractivity contribution in [3.05, 3.63) is 62.2 Å². The van der Waals surface area contributed by atoms with Crippen molar-refractivity contribution in [1.29, 1.82) is 0 Å². The van der Waals surface area contributed by atoms with Gasteiger partial charge in [-0.2, -0.15) is 0 Å². The Morgan fingerprint density at radius 2 is 1.95 bits per heavy atom. The number of amides is 1. The minimum absolute atomic E-state index is 0.198. The lowest BCUT2D eigenvalue weighted by molar-refractivity contribution is 0.102. The first-order valence-electron chi connectivity index (χ1n) is 5.52. The first kappa shape index (κ1) is 14.6.